The van der Waals surface area contributed by atoms with E-state index in [-0.39, 0.29) is 6.54 Å². The summed E-state index contributed by atoms with van der Waals surface area (Å²) < 4.78 is 18.4. The molecular formula is C12H25N2O4P. The van der Waals surface area contributed by atoms with E-state index in [1.54, 1.807) is 33.8 Å². The van der Waals surface area contributed by atoms with E-state index < -0.39 is 36.2 Å². The summed E-state index contributed by atoms with van der Waals surface area (Å²) in [5.41, 5.74) is 2.25. The Morgan fingerprint density at radius 1 is 1.32 bits per heavy atom. The molecule has 0 radical (unpaired) electrons. The van der Waals surface area contributed by atoms with E-state index in [4.69, 9.17) is 15.7 Å². The van der Waals surface area contributed by atoms with Crippen LogP contribution in [-0.2, 0) is 9.30 Å². The van der Waals surface area contributed by atoms with E-state index >= 15 is 0 Å². The monoisotopic (exact) mass is 292 g/mol. The van der Waals surface area contributed by atoms with Gasteiger partial charge in [0.25, 0.3) is 0 Å². The van der Waals surface area contributed by atoms with Crippen molar-refractivity contribution in [3.05, 3.63) is 0 Å². The second-order valence-corrected chi connectivity index (χ2v) is 9.32. The zero-order valence-electron chi connectivity index (χ0n) is 12.2. The summed E-state index contributed by atoms with van der Waals surface area (Å²) >= 11 is 0. The largest absolute Gasteiger partial charge is 0.386 e. The van der Waals surface area contributed by atoms with Gasteiger partial charge in [0.05, 0.1) is 6.07 Å². The molecule has 0 aromatic carbocycles. The van der Waals surface area contributed by atoms with E-state index in [9.17, 15) is 14.8 Å². The predicted octanol–water partition coefficient (Wildman–Crippen LogP) is 1.06. The van der Waals surface area contributed by atoms with Crippen LogP contribution in [-0.4, -0.2) is 45.8 Å². The molecule has 0 spiro atoms. The maximum Gasteiger partial charge on any atom is 0.249 e. The van der Waals surface area contributed by atoms with Gasteiger partial charge in [-0.3, -0.25) is 0 Å². The number of nitrogens with zero attached hydrogens (tertiary/aromatic N) is 1. The van der Waals surface area contributed by atoms with Crippen molar-refractivity contribution in [2.45, 2.75) is 63.7 Å². The second kappa shape index (κ2) is 6.83. The lowest BCUT2D eigenvalue weighted by Gasteiger charge is -2.43. The molecule has 3 unspecified atom stereocenters. The van der Waals surface area contributed by atoms with Crippen molar-refractivity contribution in [1.82, 2.24) is 0 Å². The van der Waals surface area contributed by atoms with Gasteiger partial charge in [-0.2, -0.15) is 5.26 Å². The zero-order chi connectivity index (χ0) is 15.4. The Bertz CT molecular complexity index is 368. The van der Waals surface area contributed by atoms with Crippen LogP contribution in [0, 0.1) is 11.3 Å². The lowest BCUT2D eigenvalue weighted by molar-refractivity contribution is -0.207. The summed E-state index contributed by atoms with van der Waals surface area (Å²) in [5.74, 6) is 0. The van der Waals surface area contributed by atoms with Crippen LogP contribution in [0.3, 0.4) is 0 Å². The quantitative estimate of drug-likeness (QED) is 0.477. The number of nitrogens with two attached hydrogens (primary N) is 1. The fraction of sp³-hybridized carbons (Fsp3) is 0.917. The molecule has 112 valence electrons. The fourth-order valence-electron chi connectivity index (χ4n) is 2.17. The predicted molar refractivity (Wildman–Crippen MR) is 74.0 cm³/mol. The van der Waals surface area contributed by atoms with Crippen LogP contribution in [0.1, 0.15) is 34.6 Å². The molecule has 0 saturated carbocycles. The van der Waals surface area contributed by atoms with Crippen LogP contribution < -0.4 is 5.73 Å². The zero-order valence-corrected chi connectivity index (χ0v) is 13.1. The molecule has 0 aromatic heterocycles. The van der Waals surface area contributed by atoms with E-state index in [0.29, 0.717) is 0 Å². The van der Waals surface area contributed by atoms with Crippen LogP contribution in [0.2, 0.25) is 0 Å². The number of rotatable bonds is 7. The van der Waals surface area contributed by atoms with Gasteiger partial charge in [0.15, 0.2) is 7.14 Å². The SMILES string of the molecule is CC(C#N)OC(O)(C(O)CN)P(=O)(C(C)C)C(C)C. The molecule has 6 nitrogen and oxygen atoms in total. The molecule has 0 amide bonds. The number of aliphatic hydroxyl groups excluding tert-OH is 1. The van der Waals surface area contributed by atoms with Gasteiger partial charge in [0.1, 0.15) is 12.2 Å². The molecule has 0 aliphatic heterocycles. The molecule has 0 heterocycles. The molecule has 19 heavy (non-hydrogen) atoms. The van der Waals surface area contributed by atoms with Crippen LogP contribution in [0.15, 0.2) is 0 Å². The molecule has 0 saturated heterocycles. The first kappa shape index (κ1) is 18.6. The standard InChI is InChI=1S/C12H25N2O4P/c1-8(2)19(17,9(3)4)12(16,11(15)7-14)18-10(5)6-13/h8-11,15-16H,7,14H2,1-5H3. The normalized spacial score (nSPS) is 19.0. The van der Waals surface area contributed by atoms with Crippen molar-refractivity contribution >= 4 is 7.14 Å². The Balaban J connectivity index is 5.83. The maximum atomic E-state index is 13.2. The Kier molecular flexibility index (Phi) is 6.67. The molecule has 0 aliphatic rings. The highest BCUT2D eigenvalue weighted by Crippen LogP contribution is 2.65. The Morgan fingerprint density at radius 2 is 1.74 bits per heavy atom. The first-order valence-electron chi connectivity index (χ1n) is 6.35. The van der Waals surface area contributed by atoms with Gasteiger partial charge in [-0.1, -0.05) is 27.7 Å². The lowest BCUT2D eigenvalue weighted by atomic mass is 10.3. The highest BCUT2D eigenvalue weighted by Gasteiger charge is 2.56. The highest BCUT2D eigenvalue weighted by molar-refractivity contribution is 7.66. The minimum Gasteiger partial charge on any atom is -0.386 e. The number of hydrogen-bond donors (Lipinski definition) is 3. The summed E-state index contributed by atoms with van der Waals surface area (Å²) in [5, 5.41) is 29.5. The molecule has 4 N–H and O–H groups in total. The Hall–Kier alpha value is -0.440. The third-order valence-corrected chi connectivity index (χ3v) is 7.70. The molecule has 0 bridgehead atoms. The number of ether oxygens (including phenoxy) is 1. The molecule has 0 fully saturated rings. The summed E-state index contributed by atoms with van der Waals surface area (Å²) in [6, 6.07) is 1.79. The average molecular weight is 292 g/mol. The summed E-state index contributed by atoms with van der Waals surface area (Å²) in [6.07, 6.45) is -2.52. The molecule has 0 aromatic rings. The van der Waals surface area contributed by atoms with Gasteiger partial charge in [0, 0.05) is 17.9 Å². The van der Waals surface area contributed by atoms with Gasteiger partial charge < -0.3 is 25.2 Å². The highest BCUT2D eigenvalue weighted by atomic mass is 31.2. The topological polar surface area (TPSA) is 117 Å². The van der Waals surface area contributed by atoms with Crippen molar-refractivity contribution < 1.29 is 19.5 Å². The van der Waals surface area contributed by atoms with Crippen molar-refractivity contribution in [3.63, 3.8) is 0 Å². The molecule has 0 aliphatic carbocycles. The second-order valence-electron chi connectivity index (χ2n) is 5.20. The molecule has 7 heteroatoms. The minimum absolute atomic E-state index is 0.307. The van der Waals surface area contributed by atoms with E-state index in [0.717, 1.165) is 0 Å². The van der Waals surface area contributed by atoms with Crippen molar-refractivity contribution in [3.8, 4) is 6.07 Å². The van der Waals surface area contributed by atoms with Crippen LogP contribution in [0.5, 0.6) is 0 Å². The Morgan fingerprint density at radius 3 is 2.00 bits per heavy atom. The first-order chi connectivity index (χ1) is 8.57. The van der Waals surface area contributed by atoms with Gasteiger partial charge in [0.2, 0.25) is 5.53 Å². The molecule has 0 rings (SSSR count). The van der Waals surface area contributed by atoms with E-state index in [2.05, 4.69) is 0 Å². The third kappa shape index (κ3) is 3.36. The Labute approximate surface area is 114 Å². The summed E-state index contributed by atoms with van der Waals surface area (Å²) in [7, 11) is -3.37. The minimum atomic E-state index is -3.37. The number of aliphatic hydroxyl groups is 2. The van der Waals surface area contributed by atoms with Gasteiger partial charge >= 0.3 is 0 Å². The van der Waals surface area contributed by atoms with Crippen LogP contribution in [0.25, 0.3) is 0 Å². The fourth-order valence-corrected chi connectivity index (χ4v) is 5.74. The van der Waals surface area contributed by atoms with Gasteiger partial charge in [-0.15, -0.1) is 0 Å². The third-order valence-electron chi connectivity index (χ3n) is 3.22. The first-order valence-corrected chi connectivity index (χ1v) is 8.19. The lowest BCUT2D eigenvalue weighted by Crippen LogP contribution is -2.52. The van der Waals surface area contributed by atoms with Crippen molar-refractivity contribution in [1.29, 1.82) is 5.26 Å². The average Bonchev–Trinajstić information content (AvgIpc) is 2.35. The smallest absolute Gasteiger partial charge is 0.249 e. The van der Waals surface area contributed by atoms with E-state index in [1.165, 1.54) is 6.92 Å². The summed E-state index contributed by atoms with van der Waals surface area (Å²) in [6.45, 7) is 7.87. The van der Waals surface area contributed by atoms with Gasteiger partial charge in [-0.25, -0.2) is 0 Å². The number of nitriles is 1. The van der Waals surface area contributed by atoms with Crippen LogP contribution >= 0.6 is 7.14 Å². The van der Waals surface area contributed by atoms with E-state index in [1.807, 2.05) is 0 Å². The van der Waals surface area contributed by atoms with Gasteiger partial charge in [-0.05, 0) is 6.92 Å². The van der Waals surface area contributed by atoms with Crippen molar-refractivity contribution in [2.75, 3.05) is 6.54 Å². The molecular weight excluding hydrogens is 267 g/mol. The summed E-state index contributed by atoms with van der Waals surface area (Å²) in [4.78, 5) is 0. The number of hydrogen-bond acceptors (Lipinski definition) is 6. The van der Waals surface area contributed by atoms with Crippen molar-refractivity contribution in [2.24, 2.45) is 5.73 Å². The maximum absolute atomic E-state index is 13.2. The molecule has 3 atom stereocenters. The van der Waals surface area contributed by atoms with Crippen LogP contribution in [0.4, 0.5) is 0 Å².